The predicted molar refractivity (Wildman–Crippen MR) is 126 cm³/mol. The van der Waals surface area contributed by atoms with Gasteiger partial charge >= 0.3 is 0 Å². The number of unbranched alkanes of at least 4 members (excludes halogenated alkanes) is 14. The van der Waals surface area contributed by atoms with Crippen molar-refractivity contribution in [3.63, 3.8) is 0 Å². The Morgan fingerprint density at radius 1 is 0.586 bits per heavy atom. The molecule has 0 fully saturated rings. The maximum atomic E-state index is 11.8. The second-order valence-electron chi connectivity index (χ2n) is 9.83. The Balaban J connectivity index is 3.27. The van der Waals surface area contributed by atoms with E-state index in [0.29, 0.717) is 12.2 Å². The SMILES string of the molecule is CCCCCCCCCCCC(=O)NCCCCCCCCCC(=O)C(C)(C)C. The minimum atomic E-state index is -0.182. The van der Waals surface area contributed by atoms with E-state index in [9.17, 15) is 9.59 Å². The maximum absolute atomic E-state index is 11.8. The number of hydrogen-bond donors (Lipinski definition) is 1. The van der Waals surface area contributed by atoms with E-state index < -0.39 is 0 Å². The summed E-state index contributed by atoms with van der Waals surface area (Å²) in [7, 11) is 0. The van der Waals surface area contributed by atoms with Gasteiger partial charge in [0.05, 0.1) is 0 Å². The zero-order chi connectivity index (χ0) is 21.8. The summed E-state index contributed by atoms with van der Waals surface area (Å²) in [6.45, 7) is 9.10. The lowest BCUT2D eigenvalue weighted by molar-refractivity contribution is -0.126. The summed E-state index contributed by atoms with van der Waals surface area (Å²) in [5.41, 5.74) is -0.182. The van der Waals surface area contributed by atoms with Gasteiger partial charge in [-0.1, -0.05) is 111 Å². The average molecular weight is 410 g/mol. The number of carbonyl (C=O) groups excluding carboxylic acids is 2. The van der Waals surface area contributed by atoms with Crippen LogP contribution >= 0.6 is 0 Å². The average Bonchev–Trinajstić information content (AvgIpc) is 2.67. The van der Waals surface area contributed by atoms with Gasteiger partial charge in [-0.15, -0.1) is 0 Å². The van der Waals surface area contributed by atoms with E-state index in [4.69, 9.17) is 0 Å². The monoisotopic (exact) mass is 409 g/mol. The van der Waals surface area contributed by atoms with E-state index in [2.05, 4.69) is 12.2 Å². The molecule has 0 heterocycles. The molecular formula is C26H51NO2. The van der Waals surface area contributed by atoms with Crippen molar-refractivity contribution in [1.29, 1.82) is 0 Å². The van der Waals surface area contributed by atoms with Crippen LogP contribution in [-0.2, 0) is 9.59 Å². The fraction of sp³-hybridized carbons (Fsp3) is 0.923. The van der Waals surface area contributed by atoms with Crippen LogP contribution < -0.4 is 5.32 Å². The molecule has 3 nitrogen and oxygen atoms in total. The molecule has 0 aliphatic rings. The van der Waals surface area contributed by atoms with Gasteiger partial charge in [0.1, 0.15) is 5.78 Å². The number of Topliss-reactive ketones (excluding diaryl/α,β-unsaturated/α-hetero) is 1. The minimum Gasteiger partial charge on any atom is -0.356 e. The quantitative estimate of drug-likeness (QED) is 0.209. The molecule has 0 saturated heterocycles. The highest BCUT2D eigenvalue weighted by Gasteiger charge is 2.19. The van der Waals surface area contributed by atoms with Gasteiger partial charge in [-0.2, -0.15) is 0 Å². The van der Waals surface area contributed by atoms with Gasteiger partial charge < -0.3 is 5.32 Å². The van der Waals surface area contributed by atoms with E-state index in [1.54, 1.807) is 0 Å². The van der Waals surface area contributed by atoms with Crippen molar-refractivity contribution < 1.29 is 9.59 Å². The Labute approximate surface area is 182 Å². The third-order valence-corrected chi connectivity index (χ3v) is 5.75. The maximum Gasteiger partial charge on any atom is 0.219 e. The second kappa shape index (κ2) is 19.1. The van der Waals surface area contributed by atoms with Crippen molar-refractivity contribution in [1.82, 2.24) is 5.32 Å². The van der Waals surface area contributed by atoms with Crippen LogP contribution in [-0.4, -0.2) is 18.2 Å². The molecule has 0 aromatic heterocycles. The first kappa shape index (κ1) is 28.1. The lowest BCUT2D eigenvalue weighted by Crippen LogP contribution is -2.23. The molecule has 3 heteroatoms. The van der Waals surface area contributed by atoms with Crippen molar-refractivity contribution in [2.24, 2.45) is 5.41 Å². The van der Waals surface area contributed by atoms with Crippen molar-refractivity contribution >= 4 is 11.7 Å². The molecule has 172 valence electrons. The molecule has 1 N–H and O–H groups in total. The molecule has 0 spiro atoms. The van der Waals surface area contributed by atoms with Crippen LogP contribution in [0.4, 0.5) is 0 Å². The summed E-state index contributed by atoms with van der Waals surface area (Å²) < 4.78 is 0. The van der Waals surface area contributed by atoms with Crippen molar-refractivity contribution in [2.45, 2.75) is 143 Å². The Morgan fingerprint density at radius 2 is 1.00 bits per heavy atom. The van der Waals surface area contributed by atoms with Crippen LogP contribution in [0, 0.1) is 5.41 Å². The number of rotatable bonds is 20. The minimum absolute atomic E-state index is 0.182. The summed E-state index contributed by atoms with van der Waals surface area (Å²) in [5, 5.41) is 3.07. The molecule has 0 aliphatic heterocycles. The zero-order valence-electron chi connectivity index (χ0n) is 20.3. The zero-order valence-corrected chi connectivity index (χ0v) is 20.3. The third-order valence-electron chi connectivity index (χ3n) is 5.75. The standard InChI is InChI=1S/C26H51NO2/c1-5-6-7-8-9-10-13-16-19-22-25(29)27-23-20-17-14-11-12-15-18-21-24(28)26(2,3)4/h5-23H2,1-4H3,(H,27,29). The molecule has 0 radical (unpaired) electrons. The summed E-state index contributed by atoms with van der Waals surface area (Å²) in [4.78, 5) is 23.7. The van der Waals surface area contributed by atoms with Crippen molar-refractivity contribution in [3.8, 4) is 0 Å². The van der Waals surface area contributed by atoms with Gasteiger partial charge in [-0.05, 0) is 19.3 Å². The number of amides is 1. The van der Waals surface area contributed by atoms with E-state index in [1.165, 1.54) is 77.0 Å². The van der Waals surface area contributed by atoms with Crippen molar-refractivity contribution in [3.05, 3.63) is 0 Å². The highest BCUT2D eigenvalue weighted by atomic mass is 16.1. The van der Waals surface area contributed by atoms with Gasteiger partial charge in [0, 0.05) is 24.8 Å². The Morgan fingerprint density at radius 3 is 1.48 bits per heavy atom. The molecule has 1 amide bonds. The molecule has 0 aliphatic carbocycles. The van der Waals surface area contributed by atoms with Gasteiger partial charge in [-0.3, -0.25) is 9.59 Å². The Bertz CT molecular complexity index is 398. The molecule has 0 saturated carbocycles. The van der Waals surface area contributed by atoms with Crippen molar-refractivity contribution in [2.75, 3.05) is 6.54 Å². The summed E-state index contributed by atoms with van der Waals surface area (Å²) in [6.07, 6.45) is 21.3. The Hall–Kier alpha value is -0.860. The second-order valence-corrected chi connectivity index (χ2v) is 9.83. The van der Waals surface area contributed by atoms with E-state index in [-0.39, 0.29) is 11.3 Å². The third kappa shape index (κ3) is 20.2. The summed E-state index contributed by atoms with van der Waals surface area (Å²) >= 11 is 0. The Kier molecular flexibility index (Phi) is 18.6. The molecule has 0 aromatic rings. The van der Waals surface area contributed by atoms with Gasteiger partial charge in [-0.25, -0.2) is 0 Å². The first-order valence-corrected chi connectivity index (χ1v) is 12.7. The van der Waals surface area contributed by atoms with E-state index in [1.807, 2.05) is 20.8 Å². The van der Waals surface area contributed by atoms with E-state index >= 15 is 0 Å². The highest BCUT2D eigenvalue weighted by Crippen LogP contribution is 2.19. The lowest BCUT2D eigenvalue weighted by atomic mass is 9.88. The fourth-order valence-corrected chi connectivity index (χ4v) is 3.58. The van der Waals surface area contributed by atoms with Crippen LogP contribution in [0.5, 0.6) is 0 Å². The normalized spacial score (nSPS) is 11.6. The number of ketones is 1. The number of hydrogen-bond acceptors (Lipinski definition) is 2. The van der Waals surface area contributed by atoms with E-state index in [0.717, 1.165) is 38.6 Å². The van der Waals surface area contributed by atoms with Gasteiger partial charge in [0.15, 0.2) is 0 Å². The van der Waals surface area contributed by atoms with Gasteiger partial charge in [0.2, 0.25) is 5.91 Å². The van der Waals surface area contributed by atoms with Crippen LogP contribution in [0.1, 0.15) is 143 Å². The summed E-state index contributed by atoms with van der Waals surface area (Å²) in [5.74, 6) is 0.618. The first-order valence-electron chi connectivity index (χ1n) is 12.7. The predicted octanol–water partition coefficient (Wildman–Crippen LogP) is 7.76. The fourth-order valence-electron chi connectivity index (χ4n) is 3.58. The smallest absolute Gasteiger partial charge is 0.219 e. The first-order chi connectivity index (χ1) is 13.9. The molecular weight excluding hydrogens is 358 g/mol. The van der Waals surface area contributed by atoms with Crippen LogP contribution in [0.15, 0.2) is 0 Å². The molecule has 0 rings (SSSR count). The number of carbonyl (C=O) groups is 2. The molecule has 29 heavy (non-hydrogen) atoms. The highest BCUT2D eigenvalue weighted by molar-refractivity contribution is 5.83. The largest absolute Gasteiger partial charge is 0.356 e. The van der Waals surface area contributed by atoms with Crippen LogP contribution in [0.3, 0.4) is 0 Å². The molecule has 0 aromatic carbocycles. The van der Waals surface area contributed by atoms with Gasteiger partial charge in [0.25, 0.3) is 0 Å². The molecule has 0 unspecified atom stereocenters. The summed E-state index contributed by atoms with van der Waals surface area (Å²) in [6, 6.07) is 0. The lowest BCUT2D eigenvalue weighted by Gasteiger charge is -2.16. The van der Waals surface area contributed by atoms with Crippen LogP contribution in [0.2, 0.25) is 0 Å². The topological polar surface area (TPSA) is 46.2 Å². The van der Waals surface area contributed by atoms with Crippen LogP contribution in [0.25, 0.3) is 0 Å². The molecule has 0 bridgehead atoms. The molecule has 0 atom stereocenters. The number of nitrogens with one attached hydrogen (secondary N) is 1.